The van der Waals surface area contributed by atoms with Crippen LogP contribution >= 0.6 is 22.6 Å². The summed E-state index contributed by atoms with van der Waals surface area (Å²) in [7, 11) is 1.12. The summed E-state index contributed by atoms with van der Waals surface area (Å²) < 4.78 is 18.2. The van der Waals surface area contributed by atoms with Crippen molar-refractivity contribution < 1.29 is 18.7 Å². The second kappa shape index (κ2) is 5.20. The van der Waals surface area contributed by atoms with Crippen LogP contribution in [0.3, 0.4) is 0 Å². The number of benzene rings is 1. The van der Waals surface area contributed by atoms with Crippen LogP contribution in [0.5, 0.6) is 0 Å². The first kappa shape index (κ1) is 12.1. The van der Waals surface area contributed by atoms with Gasteiger partial charge >= 0.3 is 5.97 Å². The van der Waals surface area contributed by atoms with E-state index in [-0.39, 0.29) is 12.0 Å². The van der Waals surface area contributed by atoms with Gasteiger partial charge in [0, 0.05) is 9.99 Å². The molecule has 3 nitrogen and oxygen atoms in total. The van der Waals surface area contributed by atoms with Gasteiger partial charge in [0.1, 0.15) is 5.82 Å². The van der Waals surface area contributed by atoms with Crippen LogP contribution < -0.4 is 0 Å². The smallest absolute Gasteiger partial charge is 0.374 e. The summed E-state index contributed by atoms with van der Waals surface area (Å²) in [5.41, 5.74) is 0.206. The molecule has 0 radical (unpaired) electrons. The maximum atomic E-state index is 13.2. The van der Waals surface area contributed by atoms with E-state index in [9.17, 15) is 14.0 Å². The van der Waals surface area contributed by atoms with E-state index in [2.05, 4.69) is 4.74 Å². The number of rotatable bonds is 3. The van der Waals surface area contributed by atoms with Crippen LogP contribution in [0.1, 0.15) is 5.56 Å². The third-order valence-electron chi connectivity index (χ3n) is 1.77. The second-order valence-electron chi connectivity index (χ2n) is 2.83. The number of halogens is 2. The van der Waals surface area contributed by atoms with Crippen molar-refractivity contribution in [3.8, 4) is 0 Å². The molecule has 0 fully saturated rings. The number of hydrogen-bond acceptors (Lipinski definition) is 3. The number of methoxy groups -OCH3 is 1. The summed E-state index contributed by atoms with van der Waals surface area (Å²) in [5, 5.41) is 0. The molecule has 5 heteroatoms. The Morgan fingerprint density at radius 3 is 2.73 bits per heavy atom. The number of ether oxygens (including phenoxy) is 1. The van der Waals surface area contributed by atoms with Gasteiger partial charge in [-0.15, -0.1) is 0 Å². The lowest BCUT2D eigenvalue weighted by atomic mass is 10.1. The van der Waals surface area contributed by atoms with E-state index in [0.29, 0.717) is 0 Å². The van der Waals surface area contributed by atoms with Crippen LogP contribution in [-0.4, -0.2) is 18.9 Å². The molecule has 0 saturated heterocycles. The lowest BCUT2D eigenvalue weighted by Gasteiger charge is -2.02. The topological polar surface area (TPSA) is 43.4 Å². The highest BCUT2D eigenvalue weighted by Gasteiger charge is 2.16. The molecule has 0 aliphatic carbocycles. The molecule has 0 amide bonds. The molecule has 0 spiro atoms. The van der Waals surface area contributed by atoms with Gasteiger partial charge in [0.2, 0.25) is 5.78 Å². The van der Waals surface area contributed by atoms with E-state index in [0.717, 1.165) is 10.7 Å². The molecule has 0 unspecified atom stereocenters. The van der Waals surface area contributed by atoms with Crippen LogP contribution in [0.25, 0.3) is 0 Å². The van der Waals surface area contributed by atoms with Gasteiger partial charge in [-0.25, -0.2) is 9.18 Å². The highest BCUT2D eigenvalue weighted by Crippen LogP contribution is 2.13. The monoisotopic (exact) mass is 322 g/mol. The van der Waals surface area contributed by atoms with E-state index in [4.69, 9.17) is 0 Å². The average molecular weight is 322 g/mol. The van der Waals surface area contributed by atoms with Crippen molar-refractivity contribution in [3.63, 3.8) is 0 Å². The molecule has 80 valence electrons. The quantitative estimate of drug-likeness (QED) is 0.483. The third kappa shape index (κ3) is 3.26. The molecule has 0 aliphatic rings. The van der Waals surface area contributed by atoms with Gasteiger partial charge < -0.3 is 4.74 Å². The summed E-state index contributed by atoms with van der Waals surface area (Å²) >= 11 is 2.00. The lowest BCUT2D eigenvalue weighted by molar-refractivity contribution is -0.151. The van der Waals surface area contributed by atoms with Gasteiger partial charge in [0.25, 0.3) is 0 Å². The summed E-state index contributed by atoms with van der Waals surface area (Å²) in [6, 6.07) is 4.38. The molecule has 0 atom stereocenters. The van der Waals surface area contributed by atoms with E-state index in [1.54, 1.807) is 6.07 Å². The average Bonchev–Trinajstić information content (AvgIpc) is 2.22. The molecule has 0 heterocycles. The molecule has 1 aromatic rings. The van der Waals surface area contributed by atoms with Gasteiger partial charge in [0.05, 0.1) is 7.11 Å². The maximum absolute atomic E-state index is 13.2. The Morgan fingerprint density at radius 2 is 2.13 bits per heavy atom. The fourth-order valence-corrected chi connectivity index (χ4v) is 1.59. The highest BCUT2D eigenvalue weighted by atomic mass is 127. The molecule has 0 N–H and O–H groups in total. The van der Waals surface area contributed by atoms with Crippen molar-refractivity contribution in [3.05, 3.63) is 33.1 Å². The van der Waals surface area contributed by atoms with E-state index < -0.39 is 17.6 Å². The SMILES string of the molecule is COC(=O)C(=O)Cc1cc(I)ccc1F. The Hall–Kier alpha value is -0.980. The molecule has 0 bridgehead atoms. The summed E-state index contributed by atoms with van der Waals surface area (Å²) in [6.45, 7) is 0. The van der Waals surface area contributed by atoms with E-state index in [1.807, 2.05) is 22.6 Å². The van der Waals surface area contributed by atoms with Gasteiger partial charge in [-0.2, -0.15) is 0 Å². The minimum absolute atomic E-state index is 0.206. The zero-order valence-corrected chi connectivity index (χ0v) is 10.1. The van der Waals surface area contributed by atoms with Crippen LogP contribution in [0.4, 0.5) is 4.39 Å². The molecule has 1 aromatic carbocycles. The number of Topliss-reactive ketones (excluding diaryl/α,β-unsaturated/α-hetero) is 1. The normalized spacial score (nSPS) is 9.80. The number of carbonyl (C=O) groups is 2. The summed E-state index contributed by atoms with van der Waals surface area (Å²) in [6.07, 6.45) is -0.269. The zero-order valence-electron chi connectivity index (χ0n) is 7.92. The molecule has 0 saturated carbocycles. The first-order chi connectivity index (χ1) is 7.04. The minimum atomic E-state index is -0.951. The van der Waals surface area contributed by atoms with Crippen LogP contribution in [0, 0.1) is 9.39 Å². The van der Waals surface area contributed by atoms with Crippen molar-refractivity contribution in [1.82, 2.24) is 0 Å². The zero-order chi connectivity index (χ0) is 11.4. The van der Waals surface area contributed by atoms with E-state index in [1.165, 1.54) is 12.1 Å². The van der Waals surface area contributed by atoms with Gasteiger partial charge in [0.15, 0.2) is 0 Å². The van der Waals surface area contributed by atoms with Crippen molar-refractivity contribution >= 4 is 34.3 Å². The Labute approximate surface area is 99.8 Å². The highest BCUT2D eigenvalue weighted by molar-refractivity contribution is 14.1. The second-order valence-corrected chi connectivity index (χ2v) is 4.07. The van der Waals surface area contributed by atoms with Crippen molar-refractivity contribution in [1.29, 1.82) is 0 Å². The fourth-order valence-electron chi connectivity index (χ4n) is 1.04. The van der Waals surface area contributed by atoms with Crippen molar-refractivity contribution in [2.75, 3.05) is 7.11 Å². The maximum Gasteiger partial charge on any atom is 0.374 e. The largest absolute Gasteiger partial charge is 0.463 e. The number of esters is 1. The lowest BCUT2D eigenvalue weighted by Crippen LogP contribution is -2.18. The Kier molecular flexibility index (Phi) is 4.19. The molecule has 0 aromatic heterocycles. The summed E-state index contributed by atoms with van der Waals surface area (Å²) in [5.74, 6) is -2.20. The molecular formula is C10H8FIO3. The Balaban J connectivity index is 2.85. The molecule has 15 heavy (non-hydrogen) atoms. The third-order valence-corrected chi connectivity index (χ3v) is 2.44. The Bertz CT molecular complexity index is 404. The van der Waals surface area contributed by atoms with E-state index >= 15 is 0 Å². The van der Waals surface area contributed by atoms with Gasteiger partial charge in [-0.05, 0) is 46.4 Å². The molecule has 0 aliphatic heterocycles. The number of ketones is 1. The minimum Gasteiger partial charge on any atom is -0.463 e. The van der Waals surface area contributed by atoms with Gasteiger partial charge in [-0.3, -0.25) is 4.79 Å². The first-order valence-corrected chi connectivity index (χ1v) is 5.17. The predicted molar refractivity (Wildman–Crippen MR) is 59.8 cm³/mol. The van der Waals surface area contributed by atoms with Crippen molar-refractivity contribution in [2.24, 2.45) is 0 Å². The van der Waals surface area contributed by atoms with Crippen LogP contribution in [0.15, 0.2) is 18.2 Å². The van der Waals surface area contributed by atoms with Crippen LogP contribution in [-0.2, 0) is 20.7 Å². The first-order valence-electron chi connectivity index (χ1n) is 4.09. The van der Waals surface area contributed by atoms with Crippen LogP contribution in [0.2, 0.25) is 0 Å². The molecular weight excluding hydrogens is 314 g/mol. The standard InChI is InChI=1S/C10H8FIO3/c1-15-10(14)9(13)5-6-4-7(12)2-3-8(6)11/h2-4H,5H2,1H3. The number of hydrogen-bond donors (Lipinski definition) is 0. The number of carbonyl (C=O) groups excluding carboxylic acids is 2. The molecule has 1 rings (SSSR count). The Morgan fingerprint density at radius 1 is 1.47 bits per heavy atom. The fraction of sp³-hybridized carbons (Fsp3) is 0.200. The van der Waals surface area contributed by atoms with Crippen molar-refractivity contribution in [2.45, 2.75) is 6.42 Å². The van der Waals surface area contributed by atoms with Gasteiger partial charge in [-0.1, -0.05) is 0 Å². The predicted octanol–water partition coefficient (Wildman–Crippen LogP) is 1.71. The summed E-state index contributed by atoms with van der Waals surface area (Å²) in [4.78, 5) is 22.0.